The summed E-state index contributed by atoms with van der Waals surface area (Å²) in [4.78, 5) is 26.1. The molecular weight excluding hydrogens is 450 g/mol. The van der Waals surface area contributed by atoms with Crippen molar-refractivity contribution in [2.75, 3.05) is 6.61 Å². The number of carbonyl (C=O) groups excluding carboxylic acids is 2. The molecule has 0 saturated heterocycles. The Morgan fingerprint density at radius 2 is 1.61 bits per heavy atom. The third kappa shape index (κ3) is 5.35. The Labute approximate surface area is 212 Å². The van der Waals surface area contributed by atoms with E-state index in [0.29, 0.717) is 26.1 Å². The van der Waals surface area contributed by atoms with Crippen LogP contribution in [-0.2, 0) is 16.2 Å². The number of allylic oxidation sites excluding steroid dienone is 2. The summed E-state index contributed by atoms with van der Waals surface area (Å²) in [5, 5.41) is 3.01. The van der Waals surface area contributed by atoms with Crippen LogP contribution in [0.3, 0.4) is 0 Å². The molecule has 0 saturated carbocycles. The van der Waals surface area contributed by atoms with Crippen LogP contribution in [0.5, 0.6) is 11.5 Å². The van der Waals surface area contributed by atoms with Crippen LogP contribution < -0.4 is 14.8 Å². The molecule has 5 heteroatoms. The van der Waals surface area contributed by atoms with Gasteiger partial charge in [0.25, 0.3) is 0 Å². The van der Waals surface area contributed by atoms with E-state index in [2.05, 4.69) is 12.2 Å². The van der Waals surface area contributed by atoms with Gasteiger partial charge in [-0.3, -0.25) is 9.59 Å². The molecule has 2 atom stereocenters. The highest BCUT2D eigenvalue weighted by Gasteiger charge is 2.38. The van der Waals surface area contributed by atoms with Crippen molar-refractivity contribution >= 4 is 11.7 Å². The molecule has 1 N–H and O–H groups in total. The Hall–Kier alpha value is -3.86. The molecular formula is C31H31NO4. The number of benzene rings is 3. The van der Waals surface area contributed by atoms with Crippen molar-refractivity contribution in [1.29, 1.82) is 0 Å². The van der Waals surface area contributed by atoms with Gasteiger partial charge in [0, 0.05) is 30.0 Å². The molecule has 5 rings (SSSR count). The van der Waals surface area contributed by atoms with Gasteiger partial charge >= 0.3 is 0 Å². The van der Waals surface area contributed by atoms with Gasteiger partial charge in [0.1, 0.15) is 18.1 Å². The number of nitrogens with one attached hydrogen (secondary N) is 1. The van der Waals surface area contributed by atoms with Gasteiger partial charge < -0.3 is 14.8 Å². The minimum absolute atomic E-state index is 0.0380. The standard InChI is InChI=1S/C31H31NO4/c1-2-15-35-25-13-11-22(12-14-25)24-17-28-31(29(33)18-24)27(19-30(34)32-28)23-9-6-10-26(16-23)36-20-21-7-4-3-5-8-21/h3-14,16,24,27H,2,15,17-20H2,1H3,(H,32,34). The normalized spacial score (nSPS) is 19.5. The summed E-state index contributed by atoms with van der Waals surface area (Å²) in [7, 11) is 0. The summed E-state index contributed by atoms with van der Waals surface area (Å²) in [6.45, 7) is 3.22. The molecule has 3 aromatic carbocycles. The maximum atomic E-state index is 13.4. The Bertz CT molecular complexity index is 1260. The van der Waals surface area contributed by atoms with Crippen LogP contribution in [0.25, 0.3) is 0 Å². The Morgan fingerprint density at radius 3 is 2.39 bits per heavy atom. The molecule has 1 amide bonds. The quantitative estimate of drug-likeness (QED) is 0.425. The van der Waals surface area contributed by atoms with Crippen molar-refractivity contribution in [3.05, 3.63) is 107 Å². The zero-order valence-corrected chi connectivity index (χ0v) is 20.5. The first-order valence-electron chi connectivity index (χ1n) is 12.7. The highest BCUT2D eigenvalue weighted by Crippen LogP contribution is 2.43. The zero-order chi connectivity index (χ0) is 24.9. The Morgan fingerprint density at radius 1 is 0.806 bits per heavy atom. The second kappa shape index (κ2) is 10.8. The molecule has 0 aromatic heterocycles. The topological polar surface area (TPSA) is 64.6 Å². The number of hydrogen-bond acceptors (Lipinski definition) is 4. The zero-order valence-electron chi connectivity index (χ0n) is 20.5. The van der Waals surface area contributed by atoms with E-state index in [9.17, 15) is 9.59 Å². The van der Waals surface area contributed by atoms with Gasteiger partial charge in [-0.05, 0) is 59.7 Å². The van der Waals surface area contributed by atoms with Gasteiger partial charge in [-0.1, -0.05) is 61.5 Å². The van der Waals surface area contributed by atoms with Crippen LogP contribution in [0.15, 0.2) is 90.1 Å². The summed E-state index contributed by atoms with van der Waals surface area (Å²) in [5.41, 5.74) is 4.62. The highest BCUT2D eigenvalue weighted by molar-refractivity contribution is 6.02. The van der Waals surface area contributed by atoms with E-state index in [1.165, 1.54) is 0 Å². The number of rotatable bonds is 8. The van der Waals surface area contributed by atoms with Crippen molar-refractivity contribution in [2.24, 2.45) is 0 Å². The summed E-state index contributed by atoms with van der Waals surface area (Å²) in [6.07, 6.45) is 2.30. The lowest BCUT2D eigenvalue weighted by atomic mass is 9.73. The lowest BCUT2D eigenvalue weighted by molar-refractivity contribution is -0.122. The minimum Gasteiger partial charge on any atom is -0.494 e. The molecule has 0 spiro atoms. The number of hydrogen-bond donors (Lipinski definition) is 1. The van der Waals surface area contributed by atoms with Gasteiger partial charge in [-0.25, -0.2) is 0 Å². The number of Topliss-reactive ketones (excluding diaryl/α,β-unsaturated/α-hetero) is 1. The number of ether oxygens (including phenoxy) is 2. The van der Waals surface area contributed by atoms with Crippen LogP contribution in [0.2, 0.25) is 0 Å². The lowest BCUT2D eigenvalue weighted by Crippen LogP contribution is -2.38. The average Bonchev–Trinajstić information content (AvgIpc) is 2.91. The number of carbonyl (C=O) groups is 2. The lowest BCUT2D eigenvalue weighted by Gasteiger charge is -2.34. The molecule has 2 aliphatic rings. The van der Waals surface area contributed by atoms with Crippen molar-refractivity contribution in [3.63, 3.8) is 0 Å². The molecule has 0 radical (unpaired) electrons. The maximum absolute atomic E-state index is 13.4. The second-order valence-electron chi connectivity index (χ2n) is 9.49. The average molecular weight is 482 g/mol. The fourth-order valence-electron chi connectivity index (χ4n) is 5.10. The number of amides is 1. The molecule has 2 unspecified atom stereocenters. The maximum Gasteiger partial charge on any atom is 0.225 e. The van der Waals surface area contributed by atoms with Crippen molar-refractivity contribution < 1.29 is 19.1 Å². The van der Waals surface area contributed by atoms with E-state index in [-0.39, 0.29) is 29.9 Å². The summed E-state index contributed by atoms with van der Waals surface area (Å²) in [6, 6.07) is 25.8. The minimum atomic E-state index is -0.257. The van der Waals surface area contributed by atoms with Gasteiger partial charge in [0.15, 0.2) is 5.78 Å². The first-order chi connectivity index (χ1) is 17.6. The van der Waals surface area contributed by atoms with Crippen LogP contribution in [0.1, 0.15) is 61.1 Å². The Balaban J connectivity index is 1.35. The van der Waals surface area contributed by atoms with Crippen LogP contribution in [0.4, 0.5) is 0 Å². The van der Waals surface area contributed by atoms with Gasteiger partial charge in [-0.2, -0.15) is 0 Å². The first-order valence-corrected chi connectivity index (χ1v) is 12.7. The van der Waals surface area contributed by atoms with Crippen LogP contribution >= 0.6 is 0 Å². The molecule has 0 bridgehead atoms. The third-order valence-corrected chi connectivity index (χ3v) is 6.87. The molecule has 184 valence electrons. The van der Waals surface area contributed by atoms with Gasteiger partial charge in [0.05, 0.1) is 6.61 Å². The smallest absolute Gasteiger partial charge is 0.225 e. The van der Waals surface area contributed by atoms with Crippen molar-refractivity contribution in [3.8, 4) is 11.5 Å². The molecule has 1 aliphatic carbocycles. The molecule has 3 aromatic rings. The number of ketones is 1. The van der Waals surface area contributed by atoms with E-state index in [4.69, 9.17) is 9.47 Å². The van der Waals surface area contributed by atoms with Crippen molar-refractivity contribution in [1.82, 2.24) is 5.32 Å². The second-order valence-corrected chi connectivity index (χ2v) is 9.49. The van der Waals surface area contributed by atoms with Crippen LogP contribution in [0, 0.1) is 0 Å². The largest absolute Gasteiger partial charge is 0.494 e. The molecule has 1 heterocycles. The van der Waals surface area contributed by atoms with E-state index < -0.39 is 0 Å². The monoisotopic (exact) mass is 481 g/mol. The third-order valence-electron chi connectivity index (χ3n) is 6.87. The SMILES string of the molecule is CCCOc1ccc(C2CC(=O)C3=C(C2)NC(=O)CC3c2cccc(OCc3ccccc3)c2)cc1. The van der Waals surface area contributed by atoms with Gasteiger partial charge in [-0.15, -0.1) is 0 Å². The summed E-state index contributed by atoms with van der Waals surface area (Å²) < 4.78 is 11.7. The van der Waals surface area contributed by atoms with E-state index in [0.717, 1.165) is 45.9 Å². The fourth-order valence-corrected chi connectivity index (χ4v) is 5.10. The Kier molecular flexibility index (Phi) is 7.17. The van der Waals surface area contributed by atoms with E-state index >= 15 is 0 Å². The summed E-state index contributed by atoms with van der Waals surface area (Å²) in [5.74, 6) is 1.40. The van der Waals surface area contributed by atoms with Crippen molar-refractivity contribution in [2.45, 2.75) is 51.0 Å². The van der Waals surface area contributed by atoms with E-state index in [1.54, 1.807) is 0 Å². The molecule has 1 aliphatic heterocycles. The predicted molar refractivity (Wildman–Crippen MR) is 139 cm³/mol. The van der Waals surface area contributed by atoms with Crippen LogP contribution in [-0.4, -0.2) is 18.3 Å². The summed E-state index contributed by atoms with van der Waals surface area (Å²) >= 11 is 0. The molecule has 0 fully saturated rings. The highest BCUT2D eigenvalue weighted by atomic mass is 16.5. The molecule has 5 nitrogen and oxygen atoms in total. The predicted octanol–water partition coefficient (Wildman–Crippen LogP) is 6.06. The van der Waals surface area contributed by atoms with Gasteiger partial charge in [0.2, 0.25) is 5.91 Å². The fraction of sp³-hybridized carbons (Fsp3) is 0.290. The van der Waals surface area contributed by atoms with E-state index in [1.807, 2.05) is 78.9 Å². The first kappa shape index (κ1) is 23.9. The molecule has 36 heavy (non-hydrogen) atoms.